The van der Waals surface area contributed by atoms with Gasteiger partial charge in [0, 0.05) is 63.1 Å². The molecular formula is C25H38KN4O3S. The van der Waals surface area contributed by atoms with E-state index in [0.717, 1.165) is 89.8 Å². The monoisotopic (exact) mass is 513 g/mol. The number of anilines is 1. The number of fused-ring (bicyclic) bond motifs is 2. The molecule has 2 fully saturated rings. The number of hydrogen-bond donors (Lipinski definition) is 2. The topological polar surface area (TPSA) is 81.8 Å². The SMILES string of the molecule is CCN1CCC(N2CCC(S(=O)(=O)NC(=O)Nc3c4c(cc5c3CCC5)CCC4)CC2)CC1.[K]. The van der Waals surface area contributed by atoms with Crippen molar-refractivity contribution in [2.75, 3.05) is 38.0 Å². The smallest absolute Gasteiger partial charge is 0.307 e. The third-order valence-corrected chi connectivity index (χ3v) is 10.2. The molecule has 0 atom stereocenters. The number of piperidine rings is 2. The Morgan fingerprint density at radius 2 is 1.53 bits per heavy atom. The van der Waals surface area contributed by atoms with Gasteiger partial charge in [0.1, 0.15) is 0 Å². The van der Waals surface area contributed by atoms with Gasteiger partial charge in [-0.05, 0) is 119 Å². The van der Waals surface area contributed by atoms with Crippen molar-refractivity contribution in [1.82, 2.24) is 14.5 Å². The molecule has 1 radical (unpaired) electrons. The summed E-state index contributed by atoms with van der Waals surface area (Å²) in [5.74, 6) is 0. The van der Waals surface area contributed by atoms with Gasteiger partial charge in [0.2, 0.25) is 10.0 Å². The molecule has 0 saturated carbocycles. The number of urea groups is 1. The molecule has 0 aromatic heterocycles. The van der Waals surface area contributed by atoms with Crippen molar-refractivity contribution >= 4 is 73.1 Å². The van der Waals surface area contributed by atoms with Gasteiger partial charge >= 0.3 is 6.03 Å². The fraction of sp³-hybridized carbons (Fsp3) is 0.720. The summed E-state index contributed by atoms with van der Waals surface area (Å²) in [5, 5.41) is 2.47. The van der Waals surface area contributed by atoms with Crippen LogP contribution in [0.15, 0.2) is 6.07 Å². The molecule has 2 aliphatic carbocycles. The first-order valence-corrected chi connectivity index (χ1v) is 14.4. The van der Waals surface area contributed by atoms with Crippen LogP contribution in [0, 0.1) is 0 Å². The maximum absolute atomic E-state index is 13.0. The van der Waals surface area contributed by atoms with Gasteiger partial charge in [-0.25, -0.2) is 17.9 Å². The van der Waals surface area contributed by atoms with Crippen LogP contribution in [0.2, 0.25) is 0 Å². The number of likely N-dealkylation sites (tertiary alicyclic amines) is 2. The van der Waals surface area contributed by atoms with E-state index in [2.05, 4.69) is 32.8 Å². The van der Waals surface area contributed by atoms with E-state index in [0.29, 0.717) is 18.9 Å². The molecule has 5 rings (SSSR count). The van der Waals surface area contributed by atoms with Crippen LogP contribution in [0.3, 0.4) is 0 Å². The summed E-state index contributed by atoms with van der Waals surface area (Å²) in [5.41, 5.74) is 5.96. The summed E-state index contributed by atoms with van der Waals surface area (Å²) in [6.07, 6.45) is 9.72. The average molecular weight is 514 g/mol. The minimum atomic E-state index is -3.69. The summed E-state index contributed by atoms with van der Waals surface area (Å²) >= 11 is 0. The molecule has 34 heavy (non-hydrogen) atoms. The Balaban J connectivity index is 0.00000274. The molecule has 0 unspecified atom stereocenters. The molecule has 2 saturated heterocycles. The fourth-order valence-electron chi connectivity index (χ4n) is 6.47. The number of amides is 2. The molecule has 0 spiro atoms. The van der Waals surface area contributed by atoms with Crippen LogP contribution in [0.1, 0.15) is 67.7 Å². The maximum Gasteiger partial charge on any atom is 0.332 e. The Bertz CT molecular complexity index is 968. The predicted octanol–water partition coefficient (Wildman–Crippen LogP) is 2.68. The zero-order chi connectivity index (χ0) is 23.0. The van der Waals surface area contributed by atoms with E-state index in [1.807, 2.05) is 0 Å². The quantitative estimate of drug-likeness (QED) is 0.592. The van der Waals surface area contributed by atoms with Crippen LogP contribution < -0.4 is 10.0 Å². The number of nitrogens with one attached hydrogen (secondary N) is 2. The van der Waals surface area contributed by atoms with Crippen LogP contribution in [-0.2, 0) is 35.7 Å². The zero-order valence-corrected chi connectivity index (χ0v) is 24.8. The largest absolute Gasteiger partial charge is 0.332 e. The van der Waals surface area contributed by atoms with Crippen molar-refractivity contribution in [3.05, 3.63) is 28.3 Å². The van der Waals surface area contributed by atoms with Gasteiger partial charge < -0.3 is 15.1 Å². The van der Waals surface area contributed by atoms with E-state index >= 15 is 0 Å². The van der Waals surface area contributed by atoms with Crippen molar-refractivity contribution in [3.8, 4) is 0 Å². The number of sulfonamides is 1. The molecule has 183 valence electrons. The Morgan fingerprint density at radius 3 is 2.09 bits per heavy atom. The van der Waals surface area contributed by atoms with E-state index in [-0.39, 0.29) is 51.4 Å². The predicted molar refractivity (Wildman–Crippen MR) is 137 cm³/mol. The second kappa shape index (κ2) is 11.6. The summed E-state index contributed by atoms with van der Waals surface area (Å²) in [7, 11) is -3.69. The summed E-state index contributed by atoms with van der Waals surface area (Å²) < 4.78 is 28.4. The first kappa shape index (κ1) is 27.0. The molecule has 2 N–H and O–H groups in total. The average Bonchev–Trinajstić information content (AvgIpc) is 3.48. The van der Waals surface area contributed by atoms with E-state index in [4.69, 9.17) is 0 Å². The van der Waals surface area contributed by atoms with Gasteiger partial charge in [0.25, 0.3) is 0 Å². The minimum Gasteiger partial charge on any atom is -0.307 e. The number of aryl methyl sites for hydroxylation is 2. The second-order valence-electron chi connectivity index (χ2n) is 10.2. The van der Waals surface area contributed by atoms with Crippen molar-refractivity contribution in [3.63, 3.8) is 0 Å². The molecular weight excluding hydrogens is 475 g/mol. The van der Waals surface area contributed by atoms with E-state index < -0.39 is 21.3 Å². The van der Waals surface area contributed by atoms with Gasteiger partial charge in [0.05, 0.1) is 5.25 Å². The van der Waals surface area contributed by atoms with Crippen molar-refractivity contribution in [2.45, 2.75) is 82.4 Å². The minimum absolute atomic E-state index is 0. The van der Waals surface area contributed by atoms with Gasteiger partial charge in [0.15, 0.2) is 0 Å². The Morgan fingerprint density at radius 1 is 0.941 bits per heavy atom. The number of benzene rings is 1. The second-order valence-corrected chi connectivity index (χ2v) is 12.2. The number of nitrogens with zero attached hydrogens (tertiary/aromatic N) is 2. The molecule has 2 aliphatic heterocycles. The third-order valence-electron chi connectivity index (χ3n) is 8.38. The molecule has 2 amide bonds. The summed E-state index contributed by atoms with van der Waals surface area (Å²) in [6.45, 7) is 7.17. The maximum atomic E-state index is 13.0. The van der Waals surface area contributed by atoms with Crippen LogP contribution in [-0.4, -0.2) is 120 Å². The first-order chi connectivity index (χ1) is 15.9. The van der Waals surface area contributed by atoms with E-state index in [1.165, 1.54) is 22.3 Å². The molecule has 4 aliphatic rings. The summed E-state index contributed by atoms with van der Waals surface area (Å²) in [6, 6.07) is 2.28. The van der Waals surface area contributed by atoms with E-state index in [9.17, 15) is 13.2 Å². The Hall–Kier alpha value is -0.00364. The standard InChI is InChI=1S/C25H38N4O3S.K/c1-2-28-13-9-20(10-14-28)29-15-11-21(12-16-29)33(31,32)27-25(30)26-24-22-7-3-5-18(22)17-19-6-4-8-23(19)24;/h17,20-21H,2-16H2,1H3,(H2,26,27,30);. The molecule has 2 heterocycles. The number of rotatable bonds is 5. The fourth-order valence-corrected chi connectivity index (χ4v) is 7.78. The van der Waals surface area contributed by atoms with Crippen LogP contribution in [0.4, 0.5) is 10.5 Å². The molecule has 7 nitrogen and oxygen atoms in total. The van der Waals surface area contributed by atoms with Gasteiger partial charge in [-0.1, -0.05) is 13.0 Å². The van der Waals surface area contributed by atoms with Gasteiger partial charge in [-0.2, -0.15) is 0 Å². The van der Waals surface area contributed by atoms with E-state index in [1.54, 1.807) is 0 Å². The molecule has 0 bridgehead atoms. The zero-order valence-electron chi connectivity index (χ0n) is 20.9. The van der Waals surface area contributed by atoms with Gasteiger partial charge in [-0.15, -0.1) is 0 Å². The summed E-state index contributed by atoms with van der Waals surface area (Å²) in [4.78, 5) is 17.8. The Labute approximate surface area is 247 Å². The first-order valence-electron chi connectivity index (χ1n) is 12.9. The third kappa shape index (κ3) is 5.77. The van der Waals surface area contributed by atoms with Crippen LogP contribution in [0.25, 0.3) is 0 Å². The van der Waals surface area contributed by atoms with Crippen molar-refractivity contribution in [2.24, 2.45) is 0 Å². The van der Waals surface area contributed by atoms with Crippen molar-refractivity contribution in [1.29, 1.82) is 0 Å². The number of carbonyl (C=O) groups is 1. The van der Waals surface area contributed by atoms with Crippen molar-refractivity contribution < 1.29 is 13.2 Å². The van der Waals surface area contributed by atoms with Crippen LogP contribution >= 0.6 is 0 Å². The number of hydrogen-bond acceptors (Lipinski definition) is 5. The molecule has 9 heteroatoms. The molecule has 1 aromatic rings. The normalized spacial score (nSPS) is 22.1. The molecule has 1 aromatic carbocycles. The number of carbonyl (C=O) groups excluding carboxylic acids is 1. The van der Waals surface area contributed by atoms with Crippen LogP contribution in [0.5, 0.6) is 0 Å². The Kier molecular flexibility index (Phi) is 9.22. The van der Waals surface area contributed by atoms with Gasteiger partial charge in [-0.3, -0.25) is 0 Å².